The first-order chi connectivity index (χ1) is 11.3. The lowest BCUT2D eigenvalue weighted by molar-refractivity contribution is 0.103. The van der Waals surface area contributed by atoms with Crippen LogP contribution in [0.25, 0.3) is 0 Å². The molecule has 0 aliphatic heterocycles. The van der Waals surface area contributed by atoms with E-state index in [1.165, 1.54) is 16.7 Å². The van der Waals surface area contributed by atoms with Crippen LogP contribution in [0.3, 0.4) is 0 Å². The van der Waals surface area contributed by atoms with E-state index in [1.807, 2.05) is 54.6 Å². The average molecular weight is 355 g/mol. The van der Waals surface area contributed by atoms with E-state index in [2.05, 4.69) is 18.7 Å². The average Bonchev–Trinajstić information content (AvgIpc) is 2.99. The molecule has 0 bridgehead atoms. The number of thiophene rings is 1. The molecule has 1 nitrogen and oxygen atoms in total. The predicted molar refractivity (Wildman–Crippen MR) is 101 cm³/mol. The molecule has 0 radical (unpaired) electrons. The van der Waals surface area contributed by atoms with Gasteiger partial charge in [-0.25, -0.2) is 0 Å². The molecule has 1 aromatic heterocycles. The summed E-state index contributed by atoms with van der Waals surface area (Å²) in [6, 6.07) is 21.6. The molecule has 0 amide bonds. The van der Waals surface area contributed by atoms with Crippen LogP contribution in [0, 0.1) is 0 Å². The van der Waals surface area contributed by atoms with Crippen LogP contribution in [-0.4, -0.2) is 5.78 Å². The van der Waals surface area contributed by atoms with Gasteiger partial charge in [-0.1, -0.05) is 78.6 Å². The highest BCUT2D eigenvalue weighted by Gasteiger charge is 2.18. The van der Waals surface area contributed by atoms with Gasteiger partial charge in [-0.2, -0.15) is 0 Å². The Hall–Kier alpha value is -1.75. The third-order valence-electron chi connectivity index (χ3n) is 3.11. The van der Waals surface area contributed by atoms with Crippen molar-refractivity contribution in [3.8, 4) is 0 Å². The van der Waals surface area contributed by atoms with Crippen molar-refractivity contribution in [2.45, 2.75) is 13.3 Å². The monoisotopic (exact) mass is 354 g/mol. The van der Waals surface area contributed by atoms with Gasteiger partial charge >= 0.3 is 0 Å². The molecule has 0 saturated heterocycles. The molecule has 4 heteroatoms. The second kappa shape index (κ2) is 7.68. The Bertz CT molecular complexity index is 807. The number of rotatable bonds is 6. The molecule has 1 heterocycles. The first kappa shape index (κ1) is 16.1. The van der Waals surface area contributed by atoms with E-state index in [0.29, 0.717) is 5.56 Å². The van der Waals surface area contributed by atoms with Gasteiger partial charge in [0.2, 0.25) is 0 Å². The molecule has 23 heavy (non-hydrogen) atoms. The SMILES string of the molecule is C=CSc1sc(Sc2ccccc2)cc1C(=O)c1ccccc1. The van der Waals surface area contributed by atoms with E-state index in [0.717, 1.165) is 14.0 Å². The summed E-state index contributed by atoms with van der Waals surface area (Å²) >= 11 is 4.82. The summed E-state index contributed by atoms with van der Waals surface area (Å²) in [4.78, 5) is 13.9. The van der Waals surface area contributed by atoms with Gasteiger partial charge in [0.1, 0.15) is 0 Å². The quantitative estimate of drug-likeness (QED) is 0.378. The lowest BCUT2D eigenvalue weighted by atomic mass is 10.1. The summed E-state index contributed by atoms with van der Waals surface area (Å²) in [7, 11) is 0. The highest BCUT2D eigenvalue weighted by atomic mass is 32.2. The molecule has 114 valence electrons. The van der Waals surface area contributed by atoms with Gasteiger partial charge < -0.3 is 0 Å². The molecule has 0 unspecified atom stereocenters. The molecule has 0 fully saturated rings. The van der Waals surface area contributed by atoms with Gasteiger partial charge in [0, 0.05) is 16.0 Å². The van der Waals surface area contributed by atoms with Crippen molar-refractivity contribution in [2.75, 3.05) is 0 Å². The molecule has 0 saturated carbocycles. The van der Waals surface area contributed by atoms with Crippen LogP contribution in [0.2, 0.25) is 0 Å². The topological polar surface area (TPSA) is 17.1 Å². The largest absolute Gasteiger partial charge is 0.289 e. The molecule has 0 aliphatic carbocycles. The zero-order chi connectivity index (χ0) is 16.1. The fourth-order valence-electron chi connectivity index (χ4n) is 2.07. The second-order valence-corrected chi connectivity index (χ2v) is 8.32. The van der Waals surface area contributed by atoms with Crippen LogP contribution in [0.4, 0.5) is 0 Å². The summed E-state index contributed by atoms with van der Waals surface area (Å²) in [5.41, 5.74) is 1.47. The number of thioether (sulfide) groups is 1. The molecule has 3 rings (SSSR count). The van der Waals surface area contributed by atoms with Gasteiger partial charge in [0.15, 0.2) is 5.78 Å². The highest BCUT2D eigenvalue weighted by molar-refractivity contribution is 8.05. The summed E-state index contributed by atoms with van der Waals surface area (Å²) in [5.74, 6) is 0.0612. The van der Waals surface area contributed by atoms with Crippen molar-refractivity contribution in [2.24, 2.45) is 0 Å². The number of hydrogen-bond acceptors (Lipinski definition) is 4. The minimum atomic E-state index is 0.0612. The van der Waals surface area contributed by atoms with Gasteiger partial charge in [-0.3, -0.25) is 4.79 Å². The number of benzene rings is 2. The van der Waals surface area contributed by atoms with E-state index in [1.54, 1.807) is 28.5 Å². The maximum absolute atomic E-state index is 12.8. The molecular formula is C19H14OS3. The smallest absolute Gasteiger partial charge is 0.195 e. The van der Waals surface area contributed by atoms with E-state index >= 15 is 0 Å². The van der Waals surface area contributed by atoms with Crippen molar-refractivity contribution in [1.29, 1.82) is 0 Å². The Morgan fingerprint density at radius 1 is 1.00 bits per heavy atom. The first-order valence-corrected chi connectivity index (χ1v) is 9.53. The van der Waals surface area contributed by atoms with Crippen LogP contribution >= 0.6 is 34.9 Å². The maximum atomic E-state index is 12.8. The van der Waals surface area contributed by atoms with E-state index < -0.39 is 0 Å². The molecule has 3 aromatic rings. The van der Waals surface area contributed by atoms with Crippen molar-refractivity contribution in [1.82, 2.24) is 0 Å². The summed E-state index contributed by atoms with van der Waals surface area (Å²) < 4.78 is 2.10. The second-order valence-electron chi connectivity index (χ2n) is 4.66. The lowest BCUT2D eigenvalue weighted by Crippen LogP contribution is -2.00. The minimum absolute atomic E-state index is 0.0612. The molecule has 0 N–H and O–H groups in total. The summed E-state index contributed by atoms with van der Waals surface area (Å²) in [6.45, 7) is 3.77. The number of ketones is 1. The number of carbonyl (C=O) groups is 1. The summed E-state index contributed by atoms with van der Waals surface area (Å²) in [5, 5.41) is 1.77. The number of carbonyl (C=O) groups excluding carboxylic acids is 1. The van der Waals surface area contributed by atoms with E-state index in [4.69, 9.17) is 0 Å². The Morgan fingerprint density at radius 2 is 1.65 bits per heavy atom. The third kappa shape index (κ3) is 3.96. The van der Waals surface area contributed by atoms with Crippen molar-refractivity contribution >= 4 is 40.6 Å². The van der Waals surface area contributed by atoms with E-state index in [9.17, 15) is 4.79 Å². The lowest BCUT2D eigenvalue weighted by Gasteiger charge is -2.00. The Labute approximate surface area is 148 Å². The third-order valence-corrected chi connectivity index (χ3v) is 6.30. The van der Waals surface area contributed by atoms with Crippen molar-refractivity contribution < 1.29 is 4.79 Å². The molecule has 2 aromatic carbocycles. The zero-order valence-corrected chi connectivity index (χ0v) is 14.7. The standard InChI is InChI=1S/C19H14OS3/c1-2-21-19-16(18(20)14-9-5-3-6-10-14)13-17(23-19)22-15-11-7-4-8-12-15/h2-13H,1H2. The number of hydrogen-bond donors (Lipinski definition) is 0. The van der Waals surface area contributed by atoms with Crippen molar-refractivity contribution in [3.63, 3.8) is 0 Å². The predicted octanol–water partition coefficient (Wildman–Crippen LogP) is 6.37. The van der Waals surface area contributed by atoms with E-state index in [-0.39, 0.29) is 5.78 Å². The van der Waals surface area contributed by atoms with Gasteiger partial charge in [-0.15, -0.1) is 11.3 Å². The fourth-order valence-corrected chi connectivity index (χ4v) is 5.36. The molecule has 0 atom stereocenters. The van der Waals surface area contributed by atoms with Gasteiger partial charge in [0.25, 0.3) is 0 Å². The Balaban J connectivity index is 1.93. The maximum Gasteiger partial charge on any atom is 0.195 e. The molecule has 0 aliphatic rings. The Morgan fingerprint density at radius 3 is 2.30 bits per heavy atom. The highest BCUT2D eigenvalue weighted by Crippen LogP contribution is 2.41. The minimum Gasteiger partial charge on any atom is -0.289 e. The van der Waals surface area contributed by atoms with Crippen LogP contribution in [0.15, 0.2) is 92.0 Å². The van der Waals surface area contributed by atoms with Crippen LogP contribution < -0.4 is 0 Å². The van der Waals surface area contributed by atoms with Crippen LogP contribution in [-0.2, 0) is 0 Å². The first-order valence-electron chi connectivity index (χ1n) is 7.02. The Kier molecular flexibility index (Phi) is 5.39. The van der Waals surface area contributed by atoms with Crippen LogP contribution in [0.5, 0.6) is 0 Å². The van der Waals surface area contributed by atoms with Crippen molar-refractivity contribution in [3.05, 3.63) is 89.8 Å². The zero-order valence-electron chi connectivity index (χ0n) is 12.3. The molecule has 0 spiro atoms. The normalized spacial score (nSPS) is 10.4. The van der Waals surface area contributed by atoms with Gasteiger partial charge in [0.05, 0.1) is 8.42 Å². The summed E-state index contributed by atoms with van der Waals surface area (Å²) in [6.07, 6.45) is 0. The molecular weight excluding hydrogens is 340 g/mol. The van der Waals surface area contributed by atoms with Gasteiger partial charge in [-0.05, 0) is 23.6 Å². The van der Waals surface area contributed by atoms with Crippen LogP contribution in [0.1, 0.15) is 15.9 Å². The fraction of sp³-hybridized carbons (Fsp3) is 0.